The number of aryl methyl sites for hydroxylation is 1. The highest BCUT2D eigenvalue weighted by Crippen LogP contribution is 2.48. The van der Waals surface area contributed by atoms with Crippen LogP contribution in [0.5, 0.6) is 0 Å². The van der Waals surface area contributed by atoms with Crippen LogP contribution in [0.15, 0.2) is 229 Å². The molecule has 292 valence electrons. The van der Waals surface area contributed by atoms with E-state index in [-0.39, 0.29) is 0 Å². The minimum absolute atomic E-state index is 0.874. The third-order valence-electron chi connectivity index (χ3n) is 12.5. The number of para-hydroxylation sites is 4. The van der Waals surface area contributed by atoms with Gasteiger partial charge in [-0.05, 0) is 111 Å². The molecule has 3 heteroatoms. The molecule has 1 heterocycles. The highest BCUT2D eigenvalue weighted by molar-refractivity contribution is 6.28. The Morgan fingerprint density at radius 2 is 0.887 bits per heavy atom. The van der Waals surface area contributed by atoms with Crippen LogP contribution in [-0.4, -0.2) is 0 Å². The summed E-state index contributed by atoms with van der Waals surface area (Å²) in [5, 5.41) is 9.63. The van der Waals surface area contributed by atoms with E-state index in [9.17, 15) is 0 Å². The lowest BCUT2D eigenvalue weighted by molar-refractivity contribution is 0.669. The summed E-state index contributed by atoms with van der Waals surface area (Å²) in [5.41, 5.74) is 14.3. The zero-order valence-corrected chi connectivity index (χ0v) is 34.2. The van der Waals surface area contributed by atoms with Crippen molar-refractivity contribution in [1.82, 2.24) is 0 Å². The Labute approximate surface area is 360 Å². The summed E-state index contributed by atoms with van der Waals surface area (Å²) >= 11 is 0. The molecule has 0 radical (unpaired) electrons. The van der Waals surface area contributed by atoms with Crippen LogP contribution in [0.3, 0.4) is 0 Å². The highest BCUT2D eigenvalue weighted by atomic mass is 16.3. The molecule has 0 aliphatic rings. The van der Waals surface area contributed by atoms with Crippen molar-refractivity contribution in [2.45, 2.75) is 6.92 Å². The maximum atomic E-state index is 6.66. The average Bonchev–Trinajstić information content (AvgIpc) is 3.72. The van der Waals surface area contributed by atoms with Crippen LogP contribution in [0, 0.1) is 6.92 Å². The van der Waals surface area contributed by atoms with Gasteiger partial charge in [-0.15, -0.1) is 0 Å². The van der Waals surface area contributed by atoms with Gasteiger partial charge in [-0.3, -0.25) is 0 Å². The Bertz CT molecular complexity index is 3570. The first-order chi connectivity index (χ1) is 30.7. The van der Waals surface area contributed by atoms with E-state index in [1.807, 2.05) is 6.07 Å². The van der Waals surface area contributed by atoms with Crippen molar-refractivity contribution in [3.8, 4) is 22.3 Å². The lowest BCUT2D eigenvalue weighted by Gasteiger charge is -2.28. The molecule has 12 rings (SSSR count). The molecule has 12 aromatic rings. The fourth-order valence-electron chi connectivity index (χ4n) is 9.57. The van der Waals surface area contributed by atoms with Gasteiger partial charge in [-0.25, -0.2) is 0 Å². The first-order valence-corrected chi connectivity index (χ1v) is 21.3. The quantitative estimate of drug-likeness (QED) is 0.143. The molecule has 0 fully saturated rings. The van der Waals surface area contributed by atoms with E-state index < -0.39 is 0 Å². The molecule has 0 spiro atoms. The van der Waals surface area contributed by atoms with Gasteiger partial charge < -0.3 is 14.2 Å². The first-order valence-electron chi connectivity index (χ1n) is 21.3. The maximum absolute atomic E-state index is 6.66. The summed E-state index contributed by atoms with van der Waals surface area (Å²) in [6.45, 7) is 2.14. The molecule has 3 nitrogen and oxygen atoms in total. The zero-order chi connectivity index (χ0) is 41.1. The lowest BCUT2D eigenvalue weighted by Crippen LogP contribution is -2.11. The van der Waals surface area contributed by atoms with Gasteiger partial charge in [-0.2, -0.15) is 0 Å². The molecule has 0 bridgehead atoms. The van der Waals surface area contributed by atoms with Crippen molar-refractivity contribution in [3.05, 3.63) is 230 Å². The first kappa shape index (κ1) is 35.8. The van der Waals surface area contributed by atoms with Gasteiger partial charge in [-0.1, -0.05) is 169 Å². The van der Waals surface area contributed by atoms with E-state index >= 15 is 0 Å². The van der Waals surface area contributed by atoms with Gasteiger partial charge in [0.2, 0.25) is 0 Å². The van der Waals surface area contributed by atoms with Crippen molar-refractivity contribution in [2.75, 3.05) is 9.80 Å². The van der Waals surface area contributed by atoms with Crippen LogP contribution in [0.1, 0.15) is 5.56 Å². The predicted molar refractivity (Wildman–Crippen MR) is 262 cm³/mol. The summed E-state index contributed by atoms with van der Waals surface area (Å²) in [6, 6.07) is 81.0. The molecule has 11 aromatic carbocycles. The Balaban J connectivity index is 1.01. The van der Waals surface area contributed by atoms with Crippen LogP contribution in [-0.2, 0) is 0 Å². The Morgan fingerprint density at radius 3 is 1.68 bits per heavy atom. The summed E-state index contributed by atoms with van der Waals surface area (Å²) in [5.74, 6) is 0. The zero-order valence-electron chi connectivity index (χ0n) is 34.2. The topological polar surface area (TPSA) is 19.6 Å². The van der Waals surface area contributed by atoms with E-state index in [4.69, 9.17) is 4.42 Å². The molecule has 0 atom stereocenters. The third-order valence-corrected chi connectivity index (χ3v) is 12.5. The van der Waals surface area contributed by atoms with Gasteiger partial charge in [0.1, 0.15) is 5.58 Å². The Kier molecular flexibility index (Phi) is 8.39. The molecular formula is C59H40N2O. The van der Waals surface area contributed by atoms with E-state index in [0.29, 0.717) is 0 Å². The van der Waals surface area contributed by atoms with E-state index in [1.54, 1.807) is 0 Å². The number of nitrogens with zero attached hydrogens (tertiary/aromatic N) is 2. The van der Waals surface area contributed by atoms with Crippen molar-refractivity contribution < 1.29 is 4.42 Å². The van der Waals surface area contributed by atoms with Crippen molar-refractivity contribution >= 4 is 88.4 Å². The van der Waals surface area contributed by atoms with E-state index in [2.05, 4.69) is 235 Å². The van der Waals surface area contributed by atoms with Gasteiger partial charge in [0, 0.05) is 38.8 Å². The predicted octanol–water partition coefficient (Wildman–Crippen LogP) is 17.1. The number of hydrogen-bond donors (Lipinski definition) is 0. The van der Waals surface area contributed by atoms with Crippen LogP contribution in [0.4, 0.5) is 34.1 Å². The molecule has 0 amide bonds. The highest BCUT2D eigenvalue weighted by Gasteiger charge is 2.23. The van der Waals surface area contributed by atoms with Crippen LogP contribution >= 0.6 is 0 Å². The number of benzene rings is 11. The van der Waals surface area contributed by atoms with Crippen LogP contribution in [0.2, 0.25) is 0 Å². The Hall–Kier alpha value is -8.14. The molecular weight excluding hydrogens is 753 g/mol. The van der Waals surface area contributed by atoms with Gasteiger partial charge in [0.15, 0.2) is 5.58 Å². The number of rotatable bonds is 8. The van der Waals surface area contributed by atoms with Gasteiger partial charge in [0.05, 0.1) is 17.1 Å². The molecule has 0 saturated carbocycles. The number of anilines is 6. The molecule has 0 unspecified atom stereocenters. The summed E-state index contributed by atoms with van der Waals surface area (Å²) in [6.07, 6.45) is 0. The Morgan fingerprint density at radius 1 is 0.323 bits per heavy atom. The second-order valence-electron chi connectivity index (χ2n) is 16.1. The maximum Gasteiger partial charge on any atom is 0.159 e. The fourth-order valence-corrected chi connectivity index (χ4v) is 9.57. The van der Waals surface area contributed by atoms with Crippen LogP contribution < -0.4 is 9.80 Å². The monoisotopic (exact) mass is 792 g/mol. The molecule has 0 saturated heterocycles. The number of fused-ring (bicyclic) bond motifs is 3. The fraction of sp³-hybridized carbons (Fsp3) is 0.0169. The second kappa shape index (κ2) is 14.5. The molecule has 1 aromatic heterocycles. The van der Waals surface area contributed by atoms with Crippen molar-refractivity contribution in [1.29, 1.82) is 0 Å². The normalized spacial score (nSPS) is 11.6. The summed E-state index contributed by atoms with van der Waals surface area (Å²) in [4.78, 5) is 4.74. The van der Waals surface area contributed by atoms with Gasteiger partial charge in [0.25, 0.3) is 0 Å². The molecule has 0 N–H and O–H groups in total. The lowest BCUT2D eigenvalue weighted by atomic mass is 9.89. The standard InChI is InChI=1S/C59H40N2O/c1-39-23-31-45(32-24-39)60(53-20-10-8-17-48(53)40-13-4-2-5-14-40)46-33-25-41(26-34-46)47-35-27-42-29-37-52-54(38-30-43-28-36-50(47)57(42)58(43)52)61(44-15-6-3-7-16-44)55-21-12-19-51-49-18-9-11-22-56(49)62-59(51)55/h2-38H,1H3. The van der Waals surface area contributed by atoms with E-state index in [0.717, 1.165) is 56.1 Å². The van der Waals surface area contributed by atoms with Gasteiger partial charge >= 0.3 is 0 Å². The minimum atomic E-state index is 0.874. The molecule has 0 aliphatic heterocycles. The SMILES string of the molecule is Cc1ccc(N(c2ccc(-c3ccc4ccc5c(N(c6ccccc6)c6cccc7c6oc6ccccc67)ccc6ccc3c4c65)cc2)c2ccccc2-c2ccccc2)cc1. The largest absolute Gasteiger partial charge is 0.454 e. The average molecular weight is 793 g/mol. The smallest absolute Gasteiger partial charge is 0.159 e. The van der Waals surface area contributed by atoms with Crippen molar-refractivity contribution in [2.24, 2.45) is 0 Å². The number of furan rings is 1. The third kappa shape index (κ3) is 5.82. The summed E-state index contributed by atoms with van der Waals surface area (Å²) < 4.78 is 6.66. The minimum Gasteiger partial charge on any atom is -0.454 e. The number of hydrogen-bond acceptors (Lipinski definition) is 3. The second-order valence-corrected chi connectivity index (χ2v) is 16.1. The summed E-state index contributed by atoms with van der Waals surface area (Å²) in [7, 11) is 0. The van der Waals surface area contributed by atoms with Crippen molar-refractivity contribution in [3.63, 3.8) is 0 Å². The molecule has 62 heavy (non-hydrogen) atoms. The van der Waals surface area contributed by atoms with E-state index in [1.165, 1.54) is 60.1 Å². The molecule has 0 aliphatic carbocycles. The van der Waals surface area contributed by atoms with Crippen LogP contribution in [0.25, 0.3) is 76.5 Å².